The molecule has 3 atom stereocenters. The lowest BCUT2D eigenvalue weighted by molar-refractivity contribution is -0.0643. The monoisotopic (exact) mass is 346 g/mol. The maximum atomic E-state index is 13.9. The molecule has 6 heteroatoms. The van der Waals surface area contributed by atoms with Gasteiger partial charge in [0.05, 0.1) is 31.0 Å². The molecule has 0 amide bonds. The SMILES string of the molecule is O[C@@H]1CCOC[C@H]1[C@H]1CCCN1Cc1ncc(-c2ccccc2F)o1. The number of aliphatic hydroxyl groups excluding tert-OH is 1. The summed E-state index contributed by atoms with van der Waals surface area (Å²) >= 11 is 0. The zero-order valence-corrected chi connectivity index (χ0v) is 14.1. The fourth-order valence-electron chi connectivity index (χ4n) is 3.99. The van der Waals surface area contributed by atoms with Gasteiger partial charge in [-0.25, -0.2) is 9.37 Å². The fourth-order valence-corrected chi connectivity index (χ4v) is 3.99. The number of nitrogens with zero attached hydrogens (tertiary/aromatic N) is 2. The van der Waals surface area contributed by atoms with Gasteiger partial charge in [0.15, 0.2) is 5.76 Å². The minimum Gasteiger partial charge on any atom is -0.439 e. The summed E-state index contributed by atoms with van der Waals surface area (Å²) in [5, 5.41) is 10.3. The van der Waals surface area contributed by atoms with E-state index < -0.39 is 0 Å². The lowest BCUT2D eigenvalue weighted by Gasteiger charge is -2.36. The molecule has 2 aliphatic heterocycles. The summed E-state index contributed by atoms with van der Waals surface area (Å²) < 4.78 is 25.3. The maximum Gasteiger partial charge on any atom is 0.209 e. The van der Waals surface area contributed by atoms with Crippen LogP contribution in [0.2, 0.25) is 0 Å². The number of aromatic nitrogens is 1. The van der Waals surface area contributed by atoms with Crippen molar-refractivity contribution >= 4 is 0 Å². The van der Waals surface area contributed by atoms with Crippen LogP contribution in [0.25, 0.3) is 11.3 Å². The normalized spacial score (nSPS) is 27.7. The van der Waals surface area contributed by atoms with Crippen LogP contribution in [0.5, 0.6) is 0 Å². The van der Waals surface area contributed by atoms with E-state index in [-0.39, 0.29) is 23.9 Å². The van der Waals surface area contributed by atoms with E-state index in [9.17, 15) is 9.50 Å². The van der Waals surface area contributed by atoms with E-state index in [1.165, 1.54) is 6.07 Å². The number of aliphatic hydroxyl groups is 1. The van der Waals surface area contributed by atoms with Crippen LogP contribution < -0.4 is 0 Å². The number of hydrogen-bond donors (Lipinski definition) is 1. The third kappa shape index (κ3) is 3.47. The van der Waals surface area contributed by atoms with E-state index in [0.717, 1.165) is 19.4 Å². The Morgan fingerprint density at radius 2 is 2.16 bits per heavy atom. The molecule has 0 saturated carbocycles. The van der Waals surface area contributed by atoms with Crippen LogP contribution in [0.1, 0.15) is 25.2 Å². The van der Waals surface area contributed by atoms with Crippen molar-refractivity contribution in [3.8, 4) is 11.3 Å². The summed E-state index contributed by atoms with van der Waals surface area (Å²) in [4.78, 5) is 6.63. The van der Waals surface area contributed by atoms with Crippen molar-refractivity contribution in [2.75, 3.05) is 19.8 Å². The molecule has 0 bridgehead atoms. The van der Waals surface area contributed by atoms with Gasteiger partial charge in [0.25, 0.3) is 0 Å². The molecular weight excluding hydrogens is 323 g/mol. The molecule has 3 heterocycles. The average molecular weight is 346 g/mol. The Bertz CT molecular complexity index is 720. The lowest BCUT2D eigenvalue weighted by atomic mass is 9.89. The Labute approximate surface area is 146 Å². The summed E-state index contributed by atoms with van der Waals surface area (Å²) in [6.45, 7) is 2.76. The van der Waals surface area contributed by atoms with Gasteiger partial charge < -0.3 is 14.3 Å². The highest BCUT2D eigenvalue weighted by Crippen LogP contribution is 2.31. The molecular formula is C19H23FN2O3. The largest absolute Gasteiger partial charge is 0.439 e. The number of ether oxygens (including phenoxy) is 1. The molecule has 134 valence electrons. The van der Waals surface area contributed by atoms with Crippen LogP contribution in [0.15, 0.2) is 34.9 Å². The van der Waals surface area contributed by atoms with Crippen molar-refractivity contribution in [2.24, 2.45) is 5.92 Å². The first-order valence-electron chi connectivity index (χ1n) is 8.92. The predicted molar refractivity (Wildman–Crippen MR) is 90.3 cm³/mol. The van der Waals surface area contributed by atoms with Crippen molar-refractivity contribution in [3.63, 3.8) is 0 Å². The van der Waals surface area contributed by atoms with Crippen LogP contribution in [-0.4, -0.2) is 46.9 Å². The Kier molecular flexibility index (Phi) is 4.83. The van der Waals surface area contributed by atoms with Crippen LogP contribution in [-0.2, 0) is 11.3 Å². The molecule has 1 aromatic heterocycles. The van der Waals surface area contributed by atoms with Gasteiger partial charge >= 0.3 is 0 Å². The van der Waals surface area contributed by atoms with Gasteiger partial charge in [-0.1, -0.05) is 12.1 Å². The highest BCUT2D eigenvalue weighted by molar-refractivity contribution is 5.56. The molecule has 2 aromatic rings. The average Bonchev–Trinajstić information content (AvgIpc) is 3.26. The van der Waals surface area contributed by atoms with Gasteiger partial charge in [-0.15, -0.1) is 0 Å². The predicted octanol–water partition coefficient (Wildman–Crippen LogP) is 2.84. The van der Waals surface area contributed by atoms with E-state index in [0.29, 0.717) is 43.4 Å². The number of rotatable bonds is 4. The zero-order chi connectivity index (χ0) is 17.2. The lowest BCUT2D eigenvalue weighted by Crippen LogP contribution is -2.45. The summed E-state index contributed by atoms with van der Waals surface area (Å²) in [5.41, 5.74) is 0.426. The standard InChI is InChI=1S/C19H23FN2O3/c20-15-5-2-1-4-13(15)18-10-21-19(25-18)11-22-8-3-6-16(22)14-12-24-9-7-17(14)23/h1-2,4-5,10,14,16-17,23H,3,6-9,11-12H2/t14-,16+,17+/m0/s1. The van der Waals surface area contributed by atoms with Crippen LogP contribution in [0.3, 0.4) is 0 Å². The molecule has 1 aromatic carbocycles. The molecule has 2 fully saturated rings. The third-order valence-corrected chi connectivity index (χ3v) is 5.30. The second kappa shape index (κ2) is 7.23. The molecule has 2 saturated heterocycles. The van der Waals surface area contributed by atoms with Crippen molar-refractivity contribution in [1.29, 1.82) is 0 Å². The first kappa shape index (κ1) is 16.7. The van der Waals surface area contributed by atoms with E-state index in [1.54, 1.807) is 24.4 Å². The second-order valence-electron chi connectivity index (χ2n) is 6.87. The summed E-state index contributed by atoms with van der Waals surface area (Å²) in [6, 6.07) is 6.82. The minimum absolute atomic E-state index is 0.136. The van der Waals surface area contributed by atoms with Gasteiger partial charge in [-0.05, 0) is 37.9 Å². The van der Waals surface area contributed by atoms with Gasteiger partial charge in [-0.2, -0.15) is 0 Å². The van der Waals surface area contributed by atoms with E-state index in [4.69, 9.17) is 9.15 Å². The van der Waals surface area contributed by atoms with Gasteiger partial charge in [0.1, 0.15) is 5.82 Å². The van der Waals surface area contributed by atoms with Gasteiger partial charge in [-0.3, -0.25) is 4.90 Å². The molecule has 0 aliphatic carbocycles. The Balaban J connectivity index is 1.47. The highest BCUT2D eigenvalue weighted by Gasteiger charge is 2.37. The summed E-state index contributed by atoms with van der Waals surface area (Å²) in [5.74, 6) is 0.852. The molecule has 2 aliphatic rings. The third-order valence-electron chi connectivity index (χ3n) is 5.30. The van der Waals surface area contributed by atoms with E-state index in [2.05, 4.69) is 9.88 Å². The number of likely N-dealkylation sites (tertiary alicyclic amines) is 1. The van der Waals surface area contributed by atoms with Crippen LogP contribution in [0, 0.1) is 11.7 Å². The molecule has 5 nitrogen and oxygen atoms in total. The van der Waals surface area contributed by atoms with Crippen LogP contribution >= 0.6 is 0 Å². The van der Waals surface area contributed by atoms with Crippen molar-refractivity contribution in [1.82, 2.24) is 9.88 Å². The Hall–Kier alpha value is -1.76. The molecule has 25 heavy (non-hydrogen) atoms. The summed E-state index contributed by atoms with van der Waals surface area (Å²) in [6.07, 6.45) is 4.11. The minimum atomic E-state index is -0.313. The Morgan fingerprint density at radius 1 is 1.28 bits per heavy atom. The summed E-state index contributed by atoms with van der Waals surface area (Å²) in [7, 11) is 0. The van der Waals surface area contributed by atoms with E-state index in [1.807, 2.05) is 0 Å². The molecule has 0 unspecified atom stereocenters. The number of benzene rings is 1. The van der Waals surface area contributed by atoms with Gasteiger partial charge in [0, 0.05) is 18.6 Å². The van der Waals surface area contributed by atoms with E-state index >= 15 is 0 Å². The highest BCUT2D eigenvalue weighted by atomic mass is 19.1. The first-order chi connectivity index (χ1) is 12.2. The number of oxazole rings is 1. The zero-order valence-electron chi connectivity index (χ0n) is 14.1. The molecule has 0 radical (unpaired) electrons. The van der Waals surface area contributed by atoms with Crippen molar-refractivity contribution < 1.29 is 18.7 Å². The van der Waals surface area contributed by atoms with Gasteiger partial charge in [0.2, 0.25) is 5.89 Å². The maximum absolute atomic E-state index is 13.9. The van der Waals surface area contributed by atoms with Crippen molar-refractivity contribution in [2.45, 2.75) is 38.0 Å². The molecule has 1 N–H and O–H groups in total. The molecule has 4 rings (SSSR count). The Morgan fingerprint density at radius 3 is 3.00 bits per heavy atom. The van der Waals surface area contributed by atoms with Crippen LogP contribution in [0.4, 0.5) is 4.39 Å². The fraction of sp³-hybridized carbons (Fsp3) is 0.526. The molecule has 0 spiro atoms. The number of hydrogen-bond acceptors (Lipinski definition) is 5. The quantitative estimate of drug-likeness (QED) is 0.922. The number of halogens is 1. The smallest absolute Gasteiger partial charge is 0.209 e. The van der Waals surface area contributed by atoms with Crippen molar-refractivity contribution in [3.05, 3.63) is 42.2 Å². The first-order valence-corrected chi connectivity index (χ1v) is 8.92. The topological polar surface area (TPSA) is 58.7 Å². The second-order valence-corrected chi connectivity index (χ2v) is 6.87.